The van der Waals surface area contributed by atoms with Gasteiger partial charge in [-0.3, -0.25) is 4.79 Å². The molecule has 0 heterocycles. The Kier molecular flexibility index (Phi) is 5.31. The lowest BCUT2D eigenvalue weighted by molar-refractivity contribution is -0.138. The summed E-state index contributed by atoms with van der Waals surface area (Å²) in [6.07, 6.45) is -4.98. The number of rotatable bonds is 2. The van der Waals surface area contributed by atoms with E-state index in [0.29, 0.717) is 18.2 Å². The molecule has 0 atom stereocenters. The minimum absolute atomic E-state index is 0.126. The second-order valence-electron chi connectivity index (χ2n) is 4.86. The third-order valence-electron chi connectivity index (χ3n) is 3.18. The number of carbonyl (C=O) groups excluding carboxylic acids is 2. The molecular weight excluding hydrogens is 434 g/mol. The van der Waals surface area contributed by atoms with Crippen LogP contribution in [0.4, 0.5) is 36.8 Å². The summed E-state index contributed by atoms with van der Waals surface area (Å²) in [5.41, 5.74) is 1.02. The molecule has 0 bridgehead atoms. The van der Waals surface area contributed by atoms with E-state index in [4.69, 9.17) is 5.73 Å². The minimum Gasteiger partial charge on any atom is -0.351 e. The van der Waals surface area contributed by atoms with Crippen molar-refractivity contribution < 1.29 is 35.9 Å². The van der Waals surface area contributed by atoms with Crippen LogP contribution in [-0.2, 0) is 6.18 Å². The summed E-state index contributed by atoms with van der Waals surface area (Å²) in [6, 6.07) is 1.01. The van der Waals surface area contributed by atoms with Crippen LogP contribution in [0.2, 0.25) is 0 Å². The smallest absolute Gasteiger partial charge is 0.351 e. The van der Waals surface area contributed by atoms with Crippen LogP contribution >= 0.6 is 15.9 Å². The number of nitrogens with two attached hydrogens (primary N) is 1. The molecule has 11 heteroatoms. The lowest BCUT2D eigenvalue weighted by Gasteiger charge is -2.21. The highest BCUT2D eigenvalue weighted by Crippen LogP contribution is 2.38. The van der Waals surface area contributed by atoms with Gasteiger partial charge in [0.15, 0.2) is 0 Å². The molecular formula is C15H7BrF6N2O2. The largest absolute Gasteiger partial charge is 0.417 e. The summed E-state index contributed by atoms with van der Waals surface area (Å²) in [6.45, 7) is 0. The predicted molar refractivity (Wildman–Crippen MR) is 81.9 cm³/mol. The molecule has 2 rings (SSSR count). The fourth-order valence-electron chi connectivity index (χ4n) is 2.07. The van der Waals surface area contributed by atoms with Crippen LogP contribution in [0.15, 0.2) is 34.8 Å². The molecule has 26 heavy (non-hydrogen) atoms. The lowest BCUT2D eigenvalue weighted by Crippen LogP contribution is -2.42. The first-order valence-corrected chi connectivity index (χ1v) is 7.38. The Morgan fingerprint density at radius 1 is 1.00 bits per heavy atom. The van der Waals surface area contributed by atoms with Gasteiger partial charge in [0.05, 0.1) is 11.3 Å². The van der Waals surface area contributed by atoms with Gasteiger partial charge < -0.3 is 5.73 Å². The van der Waals surface area contributed by atoms with E-state index >= 15 is 0 Å². The van der Waals surface area contributed by atoms with Crippen LogP contribution in [0.3, 0.4) is 0 Å². The molecule has 2 aromatic rings. The zero-order chi connectivity index (χ0) is 19.8. The van der Waals surface area contributed by atoms with Crippen molar-refractivity contribution in [2.24, 2.45) is 5.73 Å². The van der Waals surface area contributed by atoms with Gasteiger partial charge in [-0.1, -0.05) is 22.0 Å². The summed E-state index contributed by atoms with van der Waals surface area (Å²) in [4.78, 5) is 23.6. The van der Waals surface area contributed by atoms with Crippen molar-refractivity contribution in [3.8, 4) is 0 Å². The van der Waals surface area contributed by atoms with Crippen molar-refractivity contribution >= 4 is 33.6 Å². The maximum atomic E-state index is 14.1. The van der Waals surface area contributed by atoms with Crippen molar-refractivity contribution in [2.75, 3.05) is 4.90 Å². The van der Waals surface area contributed by atoms with Crippen molar-refractivity contribution in [3.05, 3.63) is 63.4 Å². The number of anilines is 1. The van der Waals surface area contributed by atoms with Gasteiger partial charge in [0.1, 0.15) is 23.0 Å². The molecule has 0 radical (unpaired) electrons. The Balaban J connectivity index is 2.69. The molecule has 0 fully saturated rings. The molecule has 0 aromatic heterocycles. The van der Waals surface area contributed by atoms with Gasteiger partial charge in [-0.05, 0) is 24.3 Å². The number of benzene rings is 2. The Morgan fingerprint density at radius 2 is 1.54 bits per heavy atom. The van der Waals surface area contributed by atoms with E-state index in [2.05, 4.69) is 15.9 Å². The molecule has 0 saturated carbocycles. The van der Waals surface area contributed by atoms with Gasteiger partial charge in [0.2, 0.25) is 0 Å². The van der Waals surface area contributed by atoms with Crippen molar-refractivity contribution in [1.82, 2.24) is 0 Å². The first kappa shape index (κ1) is 19.8. The van der Waals surface area contributed by atoms with E-state index in [9.17, 15) is 35.9 Å². The average molecular weight is 441 g/mol. The molecule has 4 nitrogen and oxygen atoms in total. The highest BCUT2D eigenvalue weighted by molar-refractivity contribution is 9.10. The van der Waals surface area contributed by atoms with Crippen LogP contribution in [0.25, 0.3) is 0 Å². The normalized spacial score (nSPS) is 11.3. The third kappa shape index (κ3) is 3.66. The first-order valence-electron chi connectivity index (χ1n) is 6.59. The number of imide groups is 1. The number of hydrogen-bond acceptors (Lipinski definition) is 2. The molecule has 0 aliphatic heterocycles. The topological polar surface area (TPSA) is 63.4 Å². The molecule has 0 spiro atoms. The average Bonchev–Trinajstić information content (AvgIpc) is 2.47. The van der Waals surface area contributed by atoms with E-state index in [-0.39, 0.29) is 11.0 Å². The maximum Gasteiger partial charge on any atom is 0.417 e. The van der Waals surface area contributed by atoms with Crippen LogP contribution < -0.4 is 10.6 Å². The fraction of sp³-hybridized carbons (Fsp3) is 0.0667. The molecule has 0 saturated heterocycles. The monoisotopic (exact) mass is 440 g/mol. The van der Waals surface area contributed by atoms with Gasteiger partial charge in [-0.25, -0.2) is 22.9 Å². The Labute approximate surface area is 150 Å². The Hall–Kier alpha value is -2.56. The van der Waals surface area contributed by atoms with Crippen molar-refractivity contribution in [1.29, 1.82) is 0 Å². The number of amides is 3. The standard InChI is InChI=1S/C15H7BrF6N2O2/c16-7-5-10(19)11(4-6(7)15(20,21)22)24(14(23)26)13(25)12-8(17)2-1-3-9(12)18/h1-5H,(H2,23,26). The second kappa shape index (κ2) is 6.98. The van der Waals surface area contributed by atoms with Crippen molar-refractivity contribution in [3.63, 3.8) is 0 Å². The number of alkyl halides is 3. The number of halogens is 7. The Bertz CT molecular complexity index is 880. The SMILES string of the molecule is NC(=O)N(C(=O)c1c(F)cccc1F)c1cc(C(F)(F)F)c(Br)cc1F. The fourth-order valence-corrected chi connectivity index (χ4v) is 2.61. The summed E-state index contributed by atoms with van der Waals surface area (Å²) >= 11 is 2.51. The zero-order valence-corrected chi connectivity index (χ0v) is 14.0. The van der Waals surface area contributed by atoms with E-state index in [1.54, 1.807) is 0 Å². The third-order valence-corrected chi connectivity index (χ3v) is 3.84. The van der Waals surface area contributed by atoms with Crippen molar-refractivity contribution in [2.45, 2.75) is 6.18 Å². The van der Waals surface area contributed by atoms with Gasteiger partial charge in [0.25, 0.3) is 5.91 Å². The van der Waals surface area contributed by atoms with Gasteiger partial charge >= 0.3 is 12.2 Å². The van der Waals surface area contributed by atoms with E-state index in [1.807, 2.05) is 0 Å². The minimum atomic E-state index is -4.98. The summed E-state index contributed by atoms with van der Waals surface area (Å²) < 4.78 is 79.9. The highest BCUT2D eigenvalue weighted by Gasteiger charge is 2.37. The quantitative estimate of drug-likeness (QED) is 0.693. The van der Waals surface area contributed by atoms with Crippen LogP contribution in [-0.4, -0.2) is 11.9 Å². The van der Waals surface area contributed by atoms with Gasteiger partial charge in [-0.15, -0.1) is 0 Å². The lowest BCUT2D eigenvalue weighted by atomic mass is 10.1. The van der Waals surface area contributed by atoms with E-state index in [1.165, 1.54) is 0 Å². The number of carbonyl (C=O) groups is 2. The zero-order valence-electron chi connectivity index (χ0n) is 12.4. The number of urea groups is 1. The molecule has 3 amide bonds. The molecule has 2 N–H and O–H groups in total. The van der Waals surface area contributed by atoms with E-state index in [0.717, 1.165) is 6.07 Å². The first-order chi connectivity index (χ1) is 11.9. The van der Waals surface area contributed by atoms with Gasteiger partial charge in [-0.2, -0.15) is 13.2 Å². The molecule has 138 valence electrons. The molecule has 0 unspecified atom stereocenters. The second-order valence-corrected chi connectivity index (χ2v) is 5.71. The Morgan fingerprint density at radius 3 is 2.00 bits per heavy atom. The number of nitrogens with zero attached hydrogens (tertiary/aromatic N) is 1. The predicted octanol–water partition coefficient (Wildman–Crippen LogP) is 4.61. The summed E-state index contributed by atoms with van der Waals surface area (Å²) in [5.74, 6) is -6.03. The molecule has 2 aromatic carbocycles. The van der Waals surface area contributed by atoms with Crippen LogP contribution in [0.1, 0.15) is 15.9 Å². The van der Waals surface area contributed by atoms with Crippen LogP contribution in [0.5, 0.6) is 0 Å². The molecule has 0 aliphatic rings. The summed E-state index contributed by atoms with van der Waals surface area (Å²) in [7, 11) is 0. The maximum absolute atomic E-state index is 14.1. The molecule has 0 aliphatic carbocycles. The summed E-state index contributed by atoms with van der Waals surface area (Å²) in [5, 5.41) is 0. The van der Waals surface area contributed by atoms with E-state index < -0.39 is 56.9 Å². The van der Waals surface area contributed by atoms with Crippen LogP contribution in [0, 0.1) is 17.5 Å². The van der Waals surface area contributed by atoms with Gasteiger partial charge in [0, 0.05) is 4.47 Å². The number of primary amides is 1. The number of hydrogen-bond donors (Lipinski definition) is 1. The highest BCUT2D eigenvalue weighted by atomic mass is 79.9.